The Balaban J connectivity index is 2.07. The van der Waals surface area contributed by atoms with Crippen LogP contribution < -0.4 is 14.4 Å². The number of carbonyl (C=O) groups is 2. The number of halogens is 1. The highest BCUT2D eigenvalue weighted by Gasteiger charge is 2.33. The summed E-state index contributed by atoms with van der Waals surface area (Å²) in [6, 6.07) is 19.0. The molecule has 39 heavy (non-hydrogen) atoms. The number of aryl methyl sites for hydroxylation is 1. The fraction of sp³-hybridized carbons (Fsp3) is 0.310. The van der Waals surface area contributed by atoms with Gasteiger partial charge in [0.2, 0.25) is 11.8 Å². The van der Waals surface area contributed by atoms with E-state index in [1.54, 1.807) is 25.1 Å². The van der Waals surface area contributed by atoms with Gasteiger partial charge in [0.15, 0.2) is 0 Å². The lowest BCUT2D eigenvalue weighted by Crippen LogP contribution is -2.52. The minimum absolute atomic E-state index is 0.0164. The maximum Gasteiger partial charge on any atom is 0.264 e. The lowest BCUT2D eigenvalue weighted by molar-refractivity contribution is -0.140. The van der Waals surface area contributed by atoms with E-state index in [1.807, 2.05) is 38.1 Å². The average molecular weight is 572 g/mol. The van der Waals surface area contributed by atoms with Crippen LogP contribution in [0.3, 0.4) is 0 Å². The van der Waals surface area contributed by atoms with Crippen LogP contribution in [-0.2, 0) is 26.2 Å². The zero-order valence-corrected chi connectivity index (χ0v) is 24.1. The van der Waals surface area contributed by atoms with E-state index in [2.05, 4.69) is 5.32 Å². The molecule has 0 saturated carbocycles. The highest BCUT2D eigenvalue weighted by molar-refractivity contribution is 7.92. The van der Waals surface area contributed by atoms with E-state index in [-0.39, 0.29) is 23.0 Å². The predicted octanol–water partition coefficient (Wildman–Crippen LogP) is 4.80. The fourth-order valence-electron chi connectivity index (χ4n) is 4.22. The van der Waals surface area contributed by atoms with Gasteiger partial charge in [-0.15, -0.1) is 0 Å². The second-order valence-corrected chi connectivity index (χ2v) is 11.2. The van der Waals surface area contributed by atoms with Crippen LogP contribution in [0, 0.1) is 6.92 Å². The second-order valence-electron chi connectivity index (χ2n) is 8.93. The van der Waals surface area contributed by atoms with Crippen LogP contribution in [0.25, 0.3) is 0 Å². The molecule has 0 aliphatic carbocycles. The number of hydrogen-bond donors (Lipinski definition) is 1. The summed E-state index contributed by atoms with van der Waals surface area (Å²) in [5.74, 6) is -0.320. The molecular formula is C29H34ClN3O5S. The SMILES string of the molecule is CCNC(=O)C(CC)N(Cc1ccccc1C)C(=O)CN(c1cccc(Cl)c1)S(=O)(=O)c1ccc(OC)cc1. The van der Waals surface area contributed by atoms with Crippen molar-refractivity contribution in [2.24, 2.45) is 0 Å². The van der Waals surface area contributed by atoms with Crippen molar-refractivity contribution in [3.8, 4) is 5.75 Å². The third kappa shape index (κ3) is 7.30. The van der Waals surface area contributed by atoms with E-state index in [9.17, 15) is 18.0 Å². The molecule has 1 atom stereocenters. The van der Waals surface area contributed by atoms with Crippen molar-refractivity contribution in [3.05, 3.63) is 88.9 Å². The molecule has 0 saturated heterocycles. The molecule has 0 spiro atoms. The van der Waals surface area contributed by atoms with Crippen molar-refractivity contribution in [1.82, 2.24) is 10.2 Å². The molecular weight excluding hydrogens is 538 g/mol. The third-order valence-corrected chi connectivity index (χ3v) is 8.38. The van der Waals surface area contributed by atoms with Gasteiger partial charge in [-0.1, -0.05) is 48.9 Å². The topological polar surface area (TPSA) is 96.0 Å². The van der Waals surface area contributed by atoms with Gasteiger partial charge in [-0.3, -0.25) is 13.9 Å². The van der Waals surface area contributed by atoms with Gasteiger partial charge in [0.25, 0.3) is 10.0 Å². The molecule has 1 N–H and O–H groups in total. The number of carbonyl (C=O) groups excluding carboxylic acids is 2. The quantitative estimate of drug-likeness (QED) is 0.337. The van der Waals surface area contributed by atoms with Crippen LogP contribution in [0.4, 0.5) is 5.69 Å². The summed E-state index contributed by atoms with van der Waals surface area (Å²) in [4.78, 5) is 28.4. The number of amides is 2. The van der Waals surface area contributed by atoms with Crippen LogP contribution in [-0.4, -0.2) is 51.4 Å². The maximum atomic E-state index is 14.0. The molecule has 0 heterocycles. The standard InChI is InChI=1S/C29H34ClN3O5S/c1-5-27(29(35)31-6-2)32(19-22-11-8-7-10-21(22)3)28(34)20-33(24-13-9-12-23(30)18-24)39(36,37)26-16-14-25(38-4)15-17-26/h7-18,27H,5-6,19-20H2,1-4H3,(H,31,35). The first-order chi connectivity index (χ1) is 18.6. The van der Waals surface area contributed by atoms with Crippen LogP contribution >= 0.6 is 11.6 Å². The molecule has 0 aliphatic heterocycles. The van der Waals surface area contributed by atoms with Crippen molar-refractivity contribution >= 4 is 39.1 Å². The number of rotatable bonds is 12. The van der Waals surface area contributed by atoms with Crippen molar-refractivity contribution in [3.63, 3.8) is 0 Å². The molecule has 3 aromatic rings. The molecule has 2 amide bonds. The van der Waals surface area contributed by atoms with Crippen molar-refractivity contribution in [1.29, 1.82) is 0 Å². The molecule has 0 fully saturated rings. The molecule has 0 radical (unpaired) electrons. The molecule has 0 bridgehead atoms. The zero-order valence-electron chi connectivity index (χ0n) is 22.6. The van der Waals surface area contributed by atoms with Crippen LogP contribution in [0.15, 0.2) is 77.7 Å². The Morgan fingerprint density at radius 1 is 1.00 bits per heavy atom. The Kier molecular flexibility index (Phi) is 10.4. The maximum absolute atomic E-state index is 14.0. The summed E-state index contributed by atoms with van der Waals surface area (Å²) in [5.41, 5.74) is 2.05. The lowest BCUT2D eigenvalue weighted by Gasteiger charge is -2.33. The molecule has 8 nitrogen and oxygen atoms in total. The van der Waals surface area contributed by atoms with Gasteiger partial charge in [-0.05, 0) is 73.9 Å². The van der Waals surface area contributed by atoms with Gasteiger partial charge in [-0.25, -0.2) is 8.42 Å². The lowest BCUT2D eigenvalue weighted by atomic mass is 10.1. The summed E-state index contributed by atoms with van der Waals surface area (Å²) >= 11 is 6.21. The number of ether oxygens (including phenoxy) is 1. The molecule has 3 aromatic carbocycles. The third-order valence-electron chi connectivity index (χ3n) is 6.36. The molecule has 208 valence electrons. The van der Waals surface area contributed by atoms with Gasteiger partial charge < -0.3 is 15.0 Å². The van der Waals surface area contributed by atoms with Crippen LogP contribution in [0.5, 0.6) is 5.75 Å². The number of sulfonamides is 1. The Hall–Kier alpha value is -3.56. The fourth-order valence-corrected chi connectivity index (χ4v) is 5.81. The van der Waals surface area contributed by atoms with E-state index < -0.39 is 28.5 Å². The predicted molar refractivity (Wildman–Crippen MR) is 153 cm³/mol. The van der Waals surface area contributed by atoms with Crippen molar-refractivity contribution < 1.29 is 22.7 Å². The average Bonchev–Trinajstić information content (AvgIpc) is 2.92. The summed E-state index contributed by atoms with van der Waals surface area (Å²) in [5, 5.41) is 3.12. The number of hydrogen-bond acceptors (Lipinski definition) is 5. The van der Waals surface area contributed by atoms with E-state index in [4.69, 9.17) is 16.3 Å². The number of benzene rings is 3. The van der Waals surface area contributed by atoms with Crippen molar-refractivity contribution in [2.75, 3.05) is 24.5 Å². The minimum Gasteiger partial charge on any atom is -0.497 e. The Morgan fingerprint density at radius 2 is 1.69 bits per heavy atom. The van der Waals surface area contributed by atoms with E-state index in [0.717, 1.165) is 15.4 Å². The van der Waals surface area contributed by atoms with Gasteiger partial charge >= 0.3 is 0 Å². The number of anilines is 1. The van der Waals surface area contributed by atoms with E-state index >= 15 is 0 Å². The molecule has 1 unspecified atom stereocenters. The first-order valence-corrected chi connectivity index (χ1v) is 14.5. The number of nitrogens with one attached hydrogen (secondary N) is 1. The van der Waals surface area contributed by atoms with E-state index in [0.29, 0.717) is 23.7 Å². The number of methoxy groups -OCH3 is 1. The van der Waals surface area contributed by atoms with E-state index in [1.165, 1.54) is 42.3 Å². The molecule has 0 aliphatic rings. The van der Waals surface area contributed by atoms with Crippen LogP contribution in [0.1, 0.15) is 31.4 Å². The Morgan fingerprint density at radius 3 is 2.28 bits per heavy atom. The summed E-state index contributed by atoms with van der Waals surface area (Å²) < 4.78 is 34.0. The summed E-state index contributed by atoms with van der Waals surface area (Å²) in [7, 11) is -2.71. The van der Waals surface area contributed by atoms with Gasteiger partial charge in [0.05, 0.1) is 17.7 Å². The Labute approximate surface area is 235 Å². The number of nitrogens with zero attached hydrogens (tertiary/aromatic N) is 2. The zero-order chi connectivity index (χ0) is 28.6. The summed E-state index contributed by atoms with van der Waals surface area (Å²) in [6.07, 6.45) is 0.353. The summed E-state index contributed by atoms with van der Waals surface area (Å²) in [6.45, 7) is 5.57. The minimum atomic E-state index is -4.20. The normalized spacial score (nSPS) is 11.9. The molecule has 3 rings (SSSR count). The first-order valence-electron chi connectivity index (χ1n) is 12.7. The largest absolute Gasteiger partial charge is 0.497 e. The number of likely N-dealkylation sites (N-methyl/N-ethyl adjacent to an activating group) is 1. The smallest absolute Gasteiger partial charge is 0.264 e. The van der Waals surface area contributed by atoms with Crippen molar-refractivity contribution in [2.45, 2.75) is 44.7 Å². The van der Waals surface area contributed by atoms with Gasteiger partial charge in [0, 0.05) is 18.1 Å². The molecule has 0 aromatic heterocycles. The molecule has 10 heteroatoms. The van der Waals surface area contributed by atoms with Gasteiger partial charge in [-0.2, -0.15) is 0 Å². The highest BCUT2D eigenvalue weighted by atomic mass is 35.5. The van der Waals surface area contributed by atoms with Gasteiger partial charge in [0.1, 0.15) is 18.3 Å². The first kappa shape index (κ1) is 30.0. The monoisotopic (exact) mass is 571 g/mol. The second kappa shape index (κ2) is 13.5. The van der Waals surface area contributed by atoms with Crippen LogP contribution in [0.2, 0.25) is 5.02 Å². The highest BCUT2D eigenvalue weighted by Crippen LogP contribution is 2.28. The Bertz CT molecular complexity index is 1400.